The predicted molar refractivity (Wildman–Crippen MR) is 140 cm³/mol. The Morgan fingerprint density at radius 2 is 1.59 bits per heavy atom. The van der Waals surface area contributed by atoms with Crippen LogP contribution in [0.5, 0.6) is 0 Å². The Morgan fingerprint density at radius 3 is 2.44 bits per heavy atom. The summed E-state index contributed by atoms with van der Waals surface area (Å²) >= 11 is 7.81. The minimum Gasteiger partial charge on any atom is -0.260 e. The summed E-state index contributed by atoms with van der Waals surface area (Å²) < 4.78 is 0. The van der Waals surface area contributed by atoms with Gasteiger partial charge >= 0.3 is 0 Å². The first-order valence-electron chi connectivity index (χ1n) is 10.9. The summed E-state index contributed by atoms with van der Waals surface area (Å²) in [5.74, 6) is 0. The van der Waals surface area contributed by atoms with E-state index in [-0.39, 0.29) is 0 Å². The molecule has 2 aromatic heterocycles. The van der Waals surface area contributed by atoms with E-state index < -0.39 is 0 Å². The van der Waals surface area contributed by atoms with E-state index in [0.29, 0.717) is 0 Å². The molecule has 0 bridgehead atoms. The average molecular weight is 479 g/mol. The van der Waals surface area contributed by atoms with E-state index >= 15 is 0 Å². The van der Waals surface area contributed by atoms with Crippen LogP contribution in [0.3, 0.4) is 0 Å². The van der Waals surface area contributed by atoms with Gasteiger partial charge in [0, 0.05) is 38.3 Å². The summed E-state index contributed by atoms with van der Waals surface area (Å²) in [7, 11) is 0. The maximum atomic E-state index is 6.12. The van der Waals surface area contributed by atoms with Crippen LogP contribution in [-0.2, 0) is 6.54 Å². The first-order chi connectivity index (χ1) is 16.7. The Kier molecular flexibility index (Phi) is 5.49. The normalized spacial score (nSPS) is 13.0. The molecular weight excluding hydrogens is 460 g/mol. The van der Waals surface area contributed by atoms with Gasteiger partial charge in [0.1, 0.15) is 5.52 Å². The largest absolute Gasteiger partial charge is 0.260 e. The highest BCUT2D eigenvalue weighted by Crippen LogP contribution is 2.34. The Labute approximate surface area is 206 Å². The summed E-state index contributed by atoms with van der Waals surface area (Å²) in [6.45, 7) is 0.721. The second kappa shape index (κ2) is 8.93. The number of pyridine rings is 2. The van der Waals surface area contributed by atoms with Crippen LogP contribution in [0.2, 0.25) is 5.02 Å². The van der Waals surface area contributed by atoms with E-state index in [1.165, 1.54) is 5.56 Å². The molecule has 3 aromatic carbocycles. The zero-order chi connectivity index (χ0) is 22.9. The summed E-state index contributed by atoms with van der Waals surface area (Å²) in [4.78, 5) is 11.2. The number of hydrogen-bond acceptors (Lipinski definition) is 5. The lowest BCUT2D eigenvalue weighted by Crippen LogP contribution is -2.26. The summed E-state index contributed by atoms with van der Waals surface area (Å²) in [5.41, 5.74) is 7.27. The van der Waals surface area contributed by atoms with E-state index in [0.717, 1.165) is 54.9 Å². The van der Waals surface area contributed by atoms with Gasteiger partial charge in [-0.25, -0.2) is 0 Å². The second-order valence-corrected chi connectivity index (χ2v) is 9.50. The molecule has 1 aliphatic heterocycles. The maximum absolute atomic E-state index is 6.12. The molecule has 164 valence electrons. The van der Waals surface area contributed by atoms with Gasteiger partial charge in [-0.05, 0) is 60.2 Å². The van der Waals surface area contributed by atoms with Gasteiger partial charge in [-0.3, -0.25) is 15.0 Å². The van der Waals surface area contributed by atoms with Gasteiger partial charge in [-0.2, -0.15) is 5.10 Å². The first kappa shape index (κ1) is 20.9. The first-order valence-corrected chi connectivity index (χ1v) is 12.1. The van der Waals surface area contributed by atoms with Crippen LogP contribution in [-0.4, -0.2) is 15.7 Å². The molecule has 6 heteroatoms. The lowest BCUT2D eigenvalue weighted by Gasteiger charge is -2.28. The number of fused-ring (bicyclic) bond motifs is 2. The molecule has 0 spiro atoms. The van der Waals surface area contributed by atoms with Crippen LogP contribution in [0.15, 0.2) is 118 Å². The number of halogens is 1. The predicted octanol–water partition coefficient (Wildman–Crippen LogP) is 7.21. The van der Waals surface area contributed by atoms with Gasteiger partial charge < -0.3 is 0 Å². The van der Waals surface area contributed by atoms with Crippen molar-refractivity contribution < 1.29 is 0 Å². The molecule has 0 fully saturated rings. The molecule has 3 heterocycles. The molecule has 0 unspecified atom stereocenters. The van der Waals surface area contributed by atoms with Crippen LogP contribution in [0.25, 0.3) is 11.0 Å². The monoisotopic (exact) mass is 478 g/mol. The SMILES string of the molecule is Clc1ccc(C2=NN(c3ccc(Sc4ccnc5cccnc45)cc3)Cc3ccccc32)cc1. The average Bonchev–Trinajstić information content (AvgIpc) is 2.89. The zero-order valence-corrected chi connectivity index (χ0v) is 19.7. The number of rotatable bonds is 4. The number of nitrogens with zero attached hydrogens (tertiary/aromatic N) is 4. The molecular formula is C28H19ClN4S. The molecule has 6 rings (SSSR count). The van der Waals surface area contributed by atoms with E-state index in [9.17, 15) is 0 Å². The quantitative estimate of drug-likeness (QED) is 0.273. The van der Waals surface area contributed by atoms with Gasteiger partial charge in [0.2, 0.25) is 0 Å². The molecule has 34 heavy (non-hydrogen) atoms. The molecule has 0 radical (unpaired) electrons. The third-order valence-electron chi connectivity index (χ3n) is 5.75. The van der Waals surface area contributed by atoms with Gasteiger partial charge in [0.15, 0.2) is 0 Å². The van der Waals surface area contributed by atoms with Crippen LogP contribution in [0.4, 0.5) is 5.69 Å². The lowest BCUT2D eigenvalue weighted by atomic mass is 9.96. The van der Waals surface area contributed by atoms with Crippen molar-refractivity contribution in [3.05, 3.63) is 125 Å². The van der Waals surface area contributed by atoms with E-state index in [4.69, 9.17) is 16.7 Å². The van der Waals surface area contributed by atoms with E-state index in [2.05, 4.69) is 63.5 Å². The summed E-state index contributed by atoms with van der Waals surface area (Å²) in [6, 6.07) is 30.7. The van der Waals surface area contributed by atoms with Crippen molar-refractivity contribution in [2.24, 2.45) is 5.10 Å². The number of hydrogen-bond donors (Lipinski definition) is 0. The van der Waals surface area contributed by atoms with Crippen LogP contribution in [0.1, 0.15) is 16.7 Å². The lowest BCUT2D eigenvalue weighted by molar-refractivity contribution is 0.836. The molecule has 0 atom stereocenters. The Bertz CT molecular complexity index is 1510. The molecule has 0 amide bonds. The van der Waals surface area contributed by atoms with Crippen LogP contribution in [0, 0.1) is 0 Å². The standard InChI is InChI=1S/C28H19ClN4S/c29-21-9-7-19(8-10-21)27-24-5-2-1-4-20(24)18-33(32-27)22-11-13-23(14-12-22)34-26-15-17-30-25-6-3-16-31-28(25)26/h1-17H,18H2. The Balaban J connectivity index is 1.32. The number of benzene rings is 3. The van der Waals surface area contributed by atoms with Crippen LogP contribution >= 0.6 is 23.4 Å². The highest BCUT2D eigenvalue weighted by molar-refractivity contribution is 7.99. The van der Waals surface area contributed by atoms with Gasteiger partial charge in [0.05, 0.1) is 23.5 Å². The van der Waals surface area contributed by atoms with Gasteiger partial charge in [0.25, 0.3) is 0 Å². The van der Waals surface area contributed by atoms with E-state index in [1.54, 1.807) is 11.8 Å². The third-order valence-corrected chi connectivity index (χ3v) is 7.06. The molecule has 4 nitrogen and oxygen atoms in total. The Morgan fingerprint density at radius 1 is 0.765 bits per heavy atom. The number of aromatic nitrogens is 2. The van der Waals surface area contributed by atoms with Crippen molar-refractivity contribution in [1.29, 1.82) is 0 Å². The molecule has 0 saturated heterocycles. The fourth-order valence-corrected chi connectivity index (χ4v) is 5.12. The summed E-state index contributed by atoms with van der Waals surface area (Å²) in [5, 5.41) is 7.81. The fraction of sp³-hybridized carbons (Fsp3) is 0.0357. The van der Waals surface area contributed by atoms with Crippen molar-refractivity contribution in [2.75, 3.05) is 5.01 Å². The van der Waals surface area contributed by atoms with E-state index in [1.807, 2.05) is 54.9 Å². The maximum Gasteiger partial charge on any atom is 0.103 e. The smallest absolute Gasteiger partial charge is 0.103 e. The molecule has 0 aliphatic carbocycles. The van der Waals surface area contributed by atoms with Gasteiger partial charge in [-0.1, -0.05) is 59.8 Å². The fourth-order valence-electron chi connectivity index (χ4n) is 4.08. The topological polar surface area (TPSA) is 41.4 Å². The second-order valence-electron chi connectivity index (χ2n) is 7.95. The number of anilines is 1. The molecule has 1 aliphatic rings. The third kappa shape index (κ3) is 4.04. The number of hydrazone groups is 1. The molecule has 5 aromatic rings. The minimum absolute atomic E-state index is 0.718. The minimum atomic E-state index is 0.718. The van der Waals surface area contributed by atoms with Crippen molar-refractivity contribution in [3.8, 4) is 0 Å². The van der Waals surface area contributed by atoms with Gasteiger partial charge in [-0.15, -0.1) is 0 Å². The highest BCUT2D eigenvalue weighted by Gasteiger charge is 2.21. The zero-order valence-electron chi connectivity index (χ0n) is 18.1. The van der Waals surface area contributed by atoms with Crippen LogP contribution < -0.4 is 5.01 Å². The molecule has 0 saturated carbocycles. The summed E-state index contributed by atoms with van der Waals surface area (Å²) in [6.07, 6.45) is 3.64. The van der Waals surface area contributed by atoms with Crippen molar-refractivity contribution >= 4 is 45.8 Å². The Hall–Kier alpha value is -3.67. The van der Waals surface area contributed by atoms with Crippen molar-refractivity contribution in [3.63, 3.8) is 0 Å². The highest BCUT2D eigenvalue weighted by atomic mass is 35.5. The van der Waals surface area contributed by atoms with Crippen molar-refractivity contribution in [1.82, 2.24) is 9.97 Å². The molecule has 0 N–H and O–H groups in total. The van der Waals surface area contributed by atoms with Crippen molar-refractivity contribution in [2.45, 2.75) is 16.3 Å².